The van der Waals surface area contributed by atoms with Crippen LogP contribution in [-0.2, 0) is 21.4 Å². The van der Waals surface area contributed by atoms with Gasteiger partial charge in [0, 0.05) is 17.0 Å². The van der Waals surface area contributed by atoms with Crippen molar-refractivity contribution < 1.29 is 19.0 Å². The molecule has 126 valence electrons. The Kier molecular flexibility index (Phi) is 2.84. The highest BCUT2D eigenvalue weighted by atomic mass is 16.6. The van der Waals surface area contributed by atoms with E-state index in [0.29, 0.717) is 24.2 Å². The van der Waals surface area contributed by atoms with Crippen molar-refractivity contribution in [3.8, 4) is 11.5 Å². The van der Waals surface area contributed by atoms with Gasteiger partial charge in [0.25, 0.3) is 6.47 Å². The number of likely N-dealkylation sites (N-methyl/N-ethyl adjacent to an activating group) is 1. The third-order valence-corrected chi connectivity index (χ3v) is 6.61. The number of allylic oxidation sites excluding steroid dienone is 1. The van der Waals surface area contributed by atoms with Crippen molar-refractivity contribution in [1.82, 2.24) is 4.90 Å². The first kappa shape index (κ1) is 14.3. The van der Waals surface area contributed by atoms with Gasteiger partial charge in [-0.3, -0.25) is 4.79 Å². The highest BCUT2D eigenvalue weighted by molar-refractivity contribution is 5.62. The van der Waals surface area contributed by atoms with Crippen LogP contribution in [0.3, 0.4) is 0 Å². The lowest BCUT2D eigenvalue weighted by atomic mass is 9.53. The molecule has 2 heterocycles. The summed E-state index contributed by atoms with van der Waals surface area (Å²) >= 11 is 0. The molecular formula is C19H21NO4. The predicted octanol–water partition coefficient (Wildman–Crippen LogP) is 2.03. The molecule has 2 aliphatic heterocycles. The number of benzene rings is 1. The first-order valence-corrected chi connectivity index (χ1v) is 8.58. The first-order valence-electron chi connectivity index (χ1n) is 8.58. The smallest absolute Gasteiger partial charge is 0.298 e. The van der Waals surface area contributed by atoms with Crippen LogP contribution in [-0.4, -0.2) is 44.2 Å². The lowest BCUT2D eigenvalue weighted by molar-refractivity contribution is -0.128. The highest BCUT2D eigenvalue weighted by Crippen LogP contribution is 2.63. The van der Waals surface area contributed by atoms with E-state index in [0.717, 1.165) is 37.3 Å². The molecule has 5 nitrogen and oxygen atoms in total. The van der Waals surface area contributed by atoms with Gasteiger partial charge < -0.3 is 19.1 Å². The van der Waals surface area contributed by atoms with Crippen LogP contribution in [0, 0.1) is 5.92 Å². The van der Waals surface area contributed by atoms with Gasteiger partial charge in [-0.2, -0.15) is 0 Å². The molecule has 2 aliphatic carbocycles. The molecule has 4 unspecified atom stereocenters. The zero-order chi connectivity index (χ0) is 16.5. The molecule has 1 aromatic rings. The topological polar surface area (TPSA) is 48.0 Å². The van der Waals surface area contributed by atoms with E-state index in [1.54, 1.807) is 7.11 Å². The highest BCUT2D eigenvalue weighted by Gasteiger charge is 2.64. The number of methoxy groups -OCH3 is 1. The van der Waals surface area contributed by atoms with E-state index < -0.39 is 0 Å². The number of ether oxygens (including phenoxy) is 3. The minimum absolute atomic E-state index is 0.0955. The second kappa shape index (κ2) is 4.76. The van der Waals surface area contributed by atoms with Crippen LogP contribution in [0.25, 0.3) is 0 Å². The standard InChI is InChI=1S/C19H21NO4/c1-20-8-7-19-12-4-6-15(23-10-21)18(19)24-17-14(22-2)5-3-11(16(17)19)9-13(12)20/h3,5-6,10,12-13,18H,4,7-9H2,1-2H3. The third-order valence-electron chi connectivity index (χ3n) is 6.61. The lowest BCUT2D eigenvalue weighted by Crippen LogP contribution is -2.63. The van der Waals surface area contributed by atoms with Gasteiger partial charge in [0.1, 0.15) is 5.76 Å². The van der Waals surface area contributed by atoms with Crippen molar-refractivity contribution in [2.75, 3.05) is 20.7 Å². The summed E-state index contributed by atoms with van der Waals surface area (Å²) in [5, 5.41) is 0. The molecule has 2 bridgehead atoms. The molecule has 1 saturated heterocycles. The van der Waals surface area contributed by atoms with E-state index in [9.17, 15) is 4.79 Å². The van der Waals surface area contributed by atoms with Crippen molar-refractivity contribution >= 4 is 6.47 Å². The van der Waals surface area contributed by atoms with Gasteiger partial charge >= 0.3 is 0 Å². The van der Waals surface area contributed by atoms with E-state index >= 15 is 0 Å². The van der Waals surface area contributed by atoms with Crippen molar-refractivity contribution in [3.05, 3.63) is 35.1 Å². The molecule has 0 radical (unpaired) electrons. The molecule has 0 aromatic heterocycles. The van der Waals surface area contributed by atoms with E-state index in [4.69, 9.17) is 14.2 Å². The van der Waals surface area contributed by atoms with Crippen molar-refractivity contribution in [2.24, 2.45) is 5.92 Å². The van der Waals surface area contributed by atoms with Gasteiger partial charge in [-0.05, 0) is 56.5 Å². The Bertz CT molecular complexity index is 758. The van der Waals surface area contributed by atoms with Gasteiger partial charge in [-0.25, -0.2) is 0 Å². The molecular weight excluding hydrogens is 306 g/mol. The Morgan fingerprint density at radius 3 is 3.08 bits per heavy atom. The Balaban J connectivity index is 1.77. The summed E-state index contributed by atoms with van der Waals surface area (Å²) in [7, 11) is 3.90. The number of hydrogen-bond donors (Lipinski definition) is 0. The van der Waals surface area contributed by atoms with Crippen LogP contribution in [0.4, 0.5) is 0 Å². The minimum Gasteiger partial charge on any atom is -0.493 e. The Morgan fingerprint density at radius 1 is 1.42 bits per heavy atom. The second-order valence-electron chi connectivity index (χ2n) is 7.33. The minimum atomic E-state index is -0.219. The molecule has 5 heteroatoms. The quantitative estimate of drug-likeness (QED) is 0.795. The van der Waals surface area contributed by atoms with Crippen molar-refractivity contribution in [1.29, 1.82) is 0 Å². The molecule has 0 N–H and O–H groups in total. The van der Waals surface area contributed by atoms with Crippen LogP contribution >= 0.6 is 0 Å². The summed E-state index contributed by atoms with van der Waals surface area (Å²) in [5.74, 6) is 2.78. The van der Waals surface area contributed by atoms with Crippen LogP contribution in [0.1, 0.15) is 24.0 Å². The second-order valence-corrected chi connectivity index (χ2v) is 7.33. The molecule has 24 heavy (non-hydrogen) atoms. The molecule has 4 aliphatic rings. The van der Waals surface area contributed by atoms with Crippen LogP contribution < -0.4 is 9.47 Å². The maximum Gasteiger partial charge on any atom is 0.298 e. The zero-order valence-electron chi connectivity index (χ0n) is 14.0. The summed E-state index contributed by atoms with van der Waals surface area (Å²) in [4.78, 5) is 13.5. The van der Waals surface area contributed by atoms with Gasteiger partial charge in [-0.15, -0.1) is 0 Å². The Hall–Kier alpha value is -2.01. The SMILES string of the molecule is COc1ccc2c3c1OC1C(OC=O)=CCC4C(C2)N(C)CCC314. The monoisotopic (exact) mass is 327 g/mol. The molecule has 1 fully saturated rings. The molecule has 5 rings (SSSR count). The van der Waals surface area contributed by atoms with Crippen LogP contribution in [0.2, 0.25) is 0 Å². The largest absolute Gasteiger partial charge is 0.493 e. The fraction of sp³-hybridized carbons (Fsp3) is 0.526. The van der Waals surface area contributed by atoms with E-state index in [1.165, 1.54) is 11.1 Å². The summed E-state index contributed by atoms with van der Waals surface area (Å²) in [6, 6.07) is 4.69. The van der Waals surface area contributed by atoms with Crippen LogP contribution in [0.5, 0.6) is 11.5 Å². The zero-order valence-corrected chi connectivity index (χ0v) is 14.0. The normalized spacial score (nSPS) is 35.6. The molecule has 0 amide bonds. The number of hydrogen-bond acceptors (Lipinski definition) is 5. The Labute approximate surface area is 141 Å². The third kappa shape index (κ3) is 1.51. The lowest BCUT2D eigenvalue weighted by Gasteiger charge is -2.56. The number of carbonyl (C=O) groups is 1. The maximum absolute atomic E-state index is 11.0. The van der Waals surface area contributed by atoms with Crippen molar-refractivity contribution in [3.63, 3.8) is 0 Å². The summed E-state index contributed by atoms with van der Waals surface area (Å²) in [6.07, 6.45) is 4.82. The number of likely N-dealkylation sites (tertiary alicyclic amines) is 1. The molecule has 0 saturated carbocycles. The molecule has 1 aromatic carbocycles. The van der Waals surface area contributed by atoms with Crippen LogP contribution in [0.15, 0.2) is 24.0 Å². The van der Waals surface area contributed by atoms with E-state index in [2.05, 4.69) is 24.1 Å². The fourth-order valence-electron chi connectivity index (χ4n) is 5.63. The number of nitrogens with zero attached hydrogens (tertiary/aromatic N) is 1. The maximum atomic E-state index is 11.0. The Morgan fingerprint density at radius 2 is 2.29 bits per heavy atom. The summed E-state index contributed by atoms with van der Waals surface area (Å²) in [5.41, 5.74) is 2.57. The predicted molar refractivity (Wildman–Crippen MR) is 87.2 cm³/mol. The molecule has 1 spiro atoms. The van der Waals surface area contributed by atoms with Gasteiger partial charge in [0.2, 0.25) is 0 Å². The summed E-state index contributed by atoms with van der Waals surface area (Å²) < 4.78 is 17.3. The number of carbonyl (C=O) groups excluding carboxylic acids is 1. The first-order chi connectivity index (χ1) is 11.7. The van der Waals surface area contributed by atoms with Gasteiger partial charge in [0.05, 0.1) is 7.11 Å². The van der Waals surface area contributed by atoms with E-state index in [-0.39, 0.29) is 11.5 Å². The number of piperidine rings is 1. The number of rotatable bonds is 3. The average molecular weight is 327 g/mol. The van der Waals surface area contributed by atoms with E-state index in [1.807, 2.05) is 6.07 Å². The summed E-state index contributed by atoms with van der Waals surface area (Å²) in [6.45, 7) is 1.55. The molecule has 4 atom stereocenters. The van der Waals surface area contributed by atoms with Gasteiger partial charge in [0.15, 0.2) is 17.6 Å². The average Bonchev–Trinajstić information content (AvgIpc) is 2.94. The van der Waals surface area contributed by atoms with Crippen molar-refractivity contribution in [2.45, 2.75) is 36.8 Å². The fourth-order valence-corrected chi connectivity index (χ4v) is 5.63. The van der Waals surface area contributed by atoms with Gasteiger partial charge in [-0.1, -0.05) is 6.07 Å².